The van der Waals surface area contributed by atoms with E-state index in [0.717, 1.165) is 17.9 Å². The Morgan fingerprint density at radius 1 is 1.07 bits per heavy atom. The van der Waals surface area contributed by atoms with Crippen LogP contribution in [0.1, 0.15) is 36.6 Å². The van der Waals surface area contributed by atoms with E-state index in [2.05, 4.69) is 27.2 Å². The van der Waals surface area contributed by atoms with Crippen LogP contribution in [0.15, 0.2) is 71.5 Å². The maximum atomic E-state index is 12.5. The van der Waals surface area contributed by atoms with Crippen LogP contribution in [-0.2, 0) is 11.3 Å². The number of hydrogen-bond acceptors (Lipinski definition) is 4. The molecule has 0 saturated heterocycles. The predicted molar refractivity (Wildman–Crippen MR) is 110 cm³/mol. The zero-order valence-electron chi connectivity index (χ0n) is 16.0. The molecule has 2 aromatic carbocycles. The van der Waals surface area contributed by atoms with Gasteiger partial charge in [-0.15, -0.1) is 5.10 Å². The third-order valence-corrected chi connectivity index (χ3v) is 5.27. The number of benzene rings is 2. The second kappa shape index (κ2) is 7.64. The molecule has 29 heavy (non-hydrogen) atoms. The molecule has 1 N–H and O–H groups in total. The maximum absolute atomic E-state index is 12.5. The summed E-state index contributed by atoms with van der Waals surface area (Å²) in [6.07, 6.45) is 3.59. The molecule has 1 atom stereocenters. The number of ether oxygens (including phenoxy) is 1. The van der Waals surface area contributed by atoms with Gasteiger partial charge in [-0.3, -0.25) is 4.79 Å². The molecule has 2 heterocycles. The van der Waals surface area contributed by atoms with Gasteiger partial charge in [-0.2, -0.15) is 9.50 Å². The van der Waals surface area contributed by atoms with Crippen LogP contribution in [0.5, 0.6) is 0 Å². The summed E-state index contributed by atoms with van der Waals surface area (Å²) in [7, 11) is 0. The summed E-state index contributed by atoms with van der Waals surface area (Å²) in [5.74, 6) is 1.69. The van der Waals surface area contributed by atoms with Gasteiger partial charge in [0, 0.05) is 17.3 Å². The predicted octanol–water partition coefficient (Wildman–Crippen LogP) is 4.14. The van der Waals surface area contributed by atoms with Gasteiger partial charge in [0.1, 0.15) is 0 Å². The molecule has 0 aliphatic heterocycles. The van der Waals surface area contributed by atoms with Crippen LogP contribution in [0.25, 0.3) is 17.2 Å². The summed E-state index contributed by atoms with van der Waals surface area (Å²) in [4.78, 5) is 20.2. The van der Waals surface area contributed by atoms with Crippen molar-refractivity contribution in [3.05, 3.63) is 88.3 Å². The smallest absolute Gasteiger partial charge is 0.275 e. The molecule has 1 saturated carbocycles. The van der Waals surface area contributed by atoms with Gasteiger partial charge in [-0.1, -0.05) is 73.5 Å². The molecule has 0 radical (unpaired) electrons. The molecule has 6 heteroatoms. The molecular weight excluding hydrogens is 364 g/mol. The Morgan fingerprint density at radius 2 is 1.79 bits per heavy atom. The van der Waals surface area contributed by atoms with E-state index in [9.17, 15) is 4.79 Å². The Kier molecular flexibility index (Phi) is 4.69. The van der Waals surface area contributed by atoms with E-state index >= 15 is 0 Å². The van der Waals surface area contributed by atoms with E-state index in [0.29, 0.717) is 23.9 Å². The molecule has 2 aromatic heterocycles. The second-order valence-corrected chi connectivity index (χ2v) is 7.56. The van der Waals surface area contributed by atoms with Gasteiger partial charge in [-0.25, -0.2) is 0 Å². The van der Waals surface area contributed by atoms with Crippen molar-refractivity contribution in [3.63, 3.8) is 0 Å². The van der Waals surface area contributed by atoms with E-state index < -0.39 is 0 Å². The lowest BCUT2D eigenvalue weighted by molar-refractivity contribution is 0.0283. The van der Waals surface area contributed by atoms with E-state index in [-0.39, 0.29) is 11.7 Å². The van der Waals surface area contributed by atoms with Gasteiger partial charge in [0.15, 0.2) is 5.82 Å². The summed E-state index contributed by atoms with van der Waals surface area (Å²) in [5.41, 5.74) is 2.53. The maximum Gasteiger partial charge on any atom is 0.275 e. The Labute approximate surface area is 168 Å². The van der Waals surface area contributed by atoms with Gasteiger partial charge in [-0.05, 0) is 17.9 Å². The minimum atomic E-state index is -0.217. The lowest BCUT2D eigenvalue weighted by Crippen LogP contribution is -2.17. The number of hydrogen-bond donors (Lipinski definition) is 1. The average molecular weight is 386 g/mol. The summed E-state index contributed by atoms with van der Waals surface area (Å²) >= 11 is 0. The minimum absolute atomic E-state index is 0.0289. The van der Waals surface area contributed by atoms with Crippen LogP contribution >= 0.6 is 0 Å². The molecule has 6 nitrogen and oxygen atoms in total. The number of H-pyrrole nitrogens is 1. The zero-order chi connectivity index (χ0) is 19.6. The number of nitrogens with zero attached hydrogens (tertiary/aromatic N) is 3. The van der Waals surface area contributed by atoms with Crippen molar-refractivity contribution in [1.29, 1.82) is 0 Å². The van der Waals surface area contributed by atoms with Gasteiger partial charge in [0.05, 0.1) is 12.7 Å². The van der Waals surface area contributed by atoms with E-state index in [1.165, 1.54) is 29.0 Å². The highest BCUT2D eigenvalue weighted by Crippen LogP contribution is 2.39. The molecule has 1 unspecified atom stereocenters. The molecule has 1 aliphatic carbocycles. The molecule has 0 amide bonds. The van der Waals surface area contributed by atoms with Crippen molar-refractivity contribution in [2.24, 2.45) is 5.92 Å². The highest BCUT2D eigenvalue weighted by molar-refractivity contribution is 5.56. The molecule has 146 valence electrons. The Morgan fingerprint density at radius 3 is 2.52 bits per heavy atom. The first-order valence-electron chi connectivity index (χ1n) is 9.97. The monoisotopic (exact) mass is 386 g/mol. The largest absolute Gasteiger partial charge is 0.367 e. The zero-order valence-corrected chi connectivity index (χ0v) is 16.0. The number of rotatable bonds is 7. The van der Waals surface area contributed by atoms with Crippen LogP contribution in [-0.4, -0.2) is 19.6 Å². The van der Waals surface area contributed by atoms with Crippen molar-refractivity contribution in [2.45, 2.75) is 32.0 Å². The Bertz CT molecular complexity index is 1160. The van der Waals surface area contributed by atoms with Gasteiger partial charge in [0.25, 0.3) is 5.56 Å². The van der Waals surface area contributed by atoms with Crippen LogP contribution < -0.4 is 5.56 Å². The normalized spacial score (nSPS) is 14.9. The standard InChI is InChI=1S/C23H22N4O2/c28-21-14-19(15-29-20(13-16-11-12-16)17-7-3-1-4-8-17)24-23-25-22(26-27(21)23)18-9-5-2-6-10-18/h1-10,14,16,20H,11-13,15H2,(H,24,25,26). The van der Waals surface area contributed by atoms with Crippen molar-refractivity contribution >= 4 is 5.78 Å². The molecule has 1 fully saturated rings. The van der Waals surface area contributed by atoms with Crippen LogP contribution in [0.4, 0.5) is 0 Å². The summed E-state index contributed by atoms with van der Waals surface area (Å²) < 4.78 is 7.53. The highest BCUT2D eigenvalue weighted by atomic mass is 16.5. The Balaban J connectivity index is 1.39. The number of aromatic nitrogens is 4. The van der Waals surface area contributed by atoms with Crippen LogP contribution in [0.2, 0.25) is 0 Å². The first kappa shape index (κ1) is 17.8. The number of aromatic amines is 1. The molecule has 4 aromatic rings. The van der Waals surface area contributed by atoms with Gasteiger partial charge >= 0.3 is 0 Å². The molecule has 0 spiro atoms. The van der Waals surface area contributed by atoms with Crippen molar-refractivity contribution in [3.8, 4) is 11.4 Å². The topological polar surface area (TPSA) is 72.3 Å². The van der Waals surface area contributed by atoms with Gasteiger partial charge < -0.3 is 9.72 Å². The number of nitrogens with one attached hydrogen (secondary N) is 1. The molecule has 0 bridgehead atoms. The lowest BCUT2D eigenvalue weighted by atomic mass is 10.0. The van der Waals surface area contributed by atoms with Crippen molar-refractivity contribution < 1.29 is 4.74 Å². The first-order valence-corrected chi connectivity index (χ1v) is 9.97. The highest BCUT2D eigenvalue weighted by Gasteiger charge is 2.27. The molecule has 1 aliphatic rings. The SMILES string of the molecule is O=c1cc(COC(CC2CC2)c2ccccc2)[nH]c2nc(-c3ccccc3)nn12. The number of fused-ring (bicyclic) bond motifs is 1. The fraction of sp³-hybridized carbons (Fsp3) is 0.261. The average Bonchev–Trinajstić information content (AvgIpc) is 3.48. The summed E-state index contributed by atoms with van der Waals surface area (Å²) in [6.45, 7) is 0.325. The van der Waals surface area contributed by atoms with Crippen molar-refractivity contribution in [2.75, 3.05) is 0 Å². The minimum Gasteiger partial charge on any atom is -0.367 e. The first-order chi connectivity index (χ1) is 14.3. The fourth-order valence-corrected chi connectivity index (χ4v) is 3.54. The van der Waals surface area contributed by atoms with Crippen LogP contribution in [0.3, 0.4) is 0 Å². The third-order valence-electron chi connectivity index (χ3n) is 5.27. The third kappa shape index (κ3) is 3.98. The quantitative estimate of drug-likeness (QED) is 0.518. The summed E-state index contributed by atoms with van der Waals surface area (Å²) in [5, 5.41) is 4.34. The van der Waals surface area contributed by atoms with E-state index in [4.69, 9.17) is 4.74 Å². The second-order valence-electron chi connectivity index (χ2n) is 7.56. The summed E-state index contributed by atoms with van der Waals surface area (Å²) in [6, 6.07) is 21.4. The van der Waals surface area contributed by atoms with Crippen molar-refractivity contribution in [1.82, 2.24) is 19.6 Å². The lowest BCUT2D eigenvalue weighted by Gasteiger charge is -2.18. The Hall–Kier alpha value is -3.25. The van der Waals surface area contributed by atoms with E-state index in [1.54, 1.807) is 0 Å². The molecule has 5 rings (SSSR count). The fourth-order valence-electron chi connectivity index (χ4n) is 3.54. The van der Waals surface area contributed by atoms with Gasteiger partial charge in [0.2, 0.25) is 5.78 Å². The van der Waals surface area contributed by atoms with Crippen LogP contribution in [0, 0.1) is 5.92 Å². The molecular formula is C23H22N4O2. The van der Waals surface area contributed by atoms with E-state index in [1.807, 2.05) is 48.5 Å².